The summed E-state index contributed by atoms with van der Waals surface area (Å²) in [5.74, 6) is 2.04. The van der Waals surface area contributed by atoms with Gasteiger partial charge in [-0.15, -0.1) is 0 Å². The minimum atomic E-state index is 0.136. The van der Waals surface area contributed by atoms with Crippen molar-refractivity contribution in [2.75, 3.05) is 7.05 Å². The van der Waals surface area contributed by atoms with Crippen LogP contribution in [-0.2, 0) is 12.8 Å². The Morgan fingerprint density at radius 1 is 1.16 bits per heavy atom. The summed E-state index contributed by atoms with van der Waals surface area (Å²) in [6.07, 6.45) is 3.24. The second kappa shape index (κ2) is 6.58. The first-order chi connectivity index (χ1) is 9.28. The molecule has 2 aromatic rings. The fourth-order valence-electron chi connectivity index (χ4n) is 2.43. The molecule has 0 aliphatic heterocycles. The molecule has 1 unspecified atom stereocenters. The number of aryl methyl sites for hydroxylation is 2. The van der Waals surface area contributed by atoms with E-state index in [1.54, 1.807) is 0 Å². The zero-order valence-corrected chi connectivity index (χ0v) is 12.1. The van der Waals surface area contributed by atoms with E-state index in [-0.39, 0.29) is 6.04 Å². The summed E-state index contributed by atoms with van der Waals surface area (Å²) in [5.41, 5.74) is 2.66. The van der Waals surface area contributed by atoms with Crippen LogP contribution in [0.1, 0.15) is 49.0 Å². The zero-order valence-electron chi connectivity index (χ0n) is 12.1. The van der Waals surface area contributed by atoms with Crippen LogP contribution in [0, 0.1) is 0 Å². The number of hydrogen-bond donors (Lipinski definition) is 1. The summed E-state index contributed by atoms with van der Waals surface area (Å²) in [7, 11) is 1.98. The maximum atomic E-state index is 5.88. The van der Waals surface area contributed by atoms with Crippen LogP contribution in [0.3, 0.4) is 0 Å². The first kappa shape index (κ1) is 13.9. The Morgan fingerprint density at radius 3 is 2.63 bits per heavy atom. The SMILES string of the molecule is CCCc1cccc(C(NC)c2ccc(CC)o2)c1. The van der Waals surface area contributed by atoms with Gasteiger partial charge in [0, 0.05) is 6.42 Å². The van der Waals surface area contributed by atoms with Crippen LogP contribution in [0.15, 0.2) is 40.8 Å². The molecule has 1 aromatic carbocycles. The second-order valence-corrected chi connectivity index (χ2v) is 4.87. The molecule has 1 aromatic heterocycles. The van der Waals surface area contributed by atoms with Crippen molar-refractivity contribution in [1.29, 1.82) is 0 Å². The molecule has 2 rings (SSSR count). The van der Waals surface area contributed by atoms with Crippen molar-refractivity contribution in [1.82, 2.24) is 5.32 Å². The molecule has 2 heteroatoms. The molecule has 2 nitrogen and oxygen atoms in total. The Labute approximate surface area is 115 Å². The van der Waals surface area contributed by atoms with Crippen LogP contribution in [0.25, 0.3) is 0 Å². The monoisotopic (exact) mass is 257 g/mol. The lowest BCUT2D eigenvalue weighted by Gasteiger charge is -2.15. The zero-order chi connectivity index (χ0) is 13.7. The maximum Gasteiger partial charge on any atom is 0.125 e. The molecule has 0 saturated carbocycles. The molecule has 1 atom stereocenters. The molecule has 0 aliphatic carbocycles. The lowest BCUT2D eigenvalue weighted by molar-refractivity contribution is 0.434. The predicted molar refractivity (Wildman–Crippen MR) is 79.4 cm³/mol. The second-order valence-electron chi connectivity index (χ2n) is 4.87. The molecule has 19 heavy (non-hydrogen) atoms. The Bertz CT molecular complexity index is 515. The van der Waals surface area contributed by atoms with Crippen molar-refractivity contribution in [3.05, 3.63) is 59.0 Å². The first-order valence-corrected chi connectivity index (χ1v) is 7.13. The molecule has 1 heterocycles. The van der Waals surface area contributed by atoms with E-state index in [0.29, 0.717) is 0 Å². The molecular weight excluding hydrogens is 234 g/mol. The topological polar surface area (TPSA) is 25.2 Å². The van der Waals surface area contributed by atoms with Crippen molar-refractivity contribution < 1.29 is 4.42 Å². The summed E-state index contributed by atoms with van der Waals surface area (Å²) in [6.45, 7) is 4.32. The van der Waals surface area contributed by atoms with Gasteiger partial charge in [-0.1, -0.05) is 44.5 Å². The van der Waals surface area contributed by atoms with E-state index in [9.17, 15) is 0 Å². The summed E-state index contributed by atoms with van der Waals surface area (Å²) in [5, 5.41) is 3.35. The minimum Gasteiger partial charge on any atom is -0.464 e. The fraction of sp³-hybridized carbons (Fsp3) is 0.412. The molecule has 0 radical (unpaired) electrons. The highest BCUT2D eigenvalue weighted by Gasteiger charge is 2.16. The van der Waals surface area contributed by atoms with Gasteiger partial charge in [-0.25, -0.2) is 0 Å². The van der Waals surface area contributed by atoms with E-state index < -0.39 is 0 Å². The molecule has 0 fully saturated rings. The van der Waals surface area contributed by atoms with Crippen LogP contribution in [-0.4, -0.2) is 7.05 Å². The van der Waals surface area contributed by atoms with Gasteiger partial charge in [0.15, 0.2) is 0 Å². The number of benzene rings is 1. The Morgan fingerprint density at radius 2 is 2.00 bits per heavy atom. The average Bonchev–Trinajstić information content (AvgIpc) is 2.89. The van der Waals surface area contributed by atoms with E-state index in [1.165, 1.54) is 17.5 Å². The Kier molecular flexibility index (Phi) is 4.80. The van der Waals surface area contributed by atoms with Crippen LogP contribution in [0.4, 0.5) is 0 Å². The molecule has 0 spiro atoms. The highest BCUT2D eigenvalue weighted by molar-refractivity contribution is 5.31. The lowest BCUT2D eigenvalue weighted by atomic mass is 10.0. The molecule has 102 valence electrons. The predicted octanol–water partition coefficient (Wildman–Crippen LogP) is 4.10. The van der Waals surface area contributed by atoms with E-state index >= 15 is 0 Å². The van der Waals surface area contributed by atoms with Crippen molar-refractivity contribution in [2.45, 2.75) is 39.2 Å². The highest BCUT2D eigenvalue weighted by Crippen LogP contribution is 2.25. The molecule has 0 saturated heterocycles. The van der Waals surface area contributed by atoms with Crippen LogP contribution >= 0.6 is 0 Å². The number of nitrogens with one attached hydrogen (secondary N) is 1. The first-order valence-electron chi connectivity index (χ1n) is 7.13. The molecule has 0 bridgehead atoms. The number of furan rings is 1. The van der Waals surface area contributed by atoms with Crippen LogP contribution < -0.4 is 5.32 Å². The van der Waals surface area contributed by atoms with E-state index in [1.807, 2.05) is 7.05 Å². The van der Waals surface area contributed by atoms with E-state index in [4.69, 9.17) is 4.42 Å². The largest absolute Gasteiger partial charge is 0.464 e. The van der Waals surface area contributed by atoms with Gasteiger partial charge in [0.05, 0.1) is 6.04 Å². The van der Waals surface area contributed by atoms with Gasteiger partial charge in [0.25, 0.3) is 0 Å². The van der Waals surface area contributed by atoms with Gasteiger partial charge in [-0.2, -0.15) is 0 Å². The van der Waals surface area contributed by atoms with Crippen molar-refractivity contribution >= 4 is 0 Å². The number of rotatable bonds is 6. The van der Waals surface area contributed by atoms with Gasteiger partial charge in [0.2, 0.25) is 0 Å². The molecular formula is C17H23NO. The average molecular weight is 257 g/mol. The van der Waals surface area contributed by atoms with Crippen LogP contribution in [0.2, 0.25) is 0 Å². The van der Waals surface area contributed by atoms with Crippen molar-refractivity contribution in [3.63, 3.8) is 0 Å². The normalized spacial score (nSPS) is 12.6. The third-order valence-electron chi connectivity index (χ3n) is 3.43. The van der Waals surface area contributed by atoms with Gasteiger partial charge >= 0.3 is 0 Å². The fourth-order valence-corrected chi connectivity index (χ4v) is 2.43. The molecule has 0 amide bonds. The number of hydrogen-bond acceptors (Lipinski definition) is 2. The smallest absolute Gasteiger partial charge is 0.125 e. The van der Waals surface area contributed by atoms with Gasteiger partial charge in [0.1, 0.15) is 11.5 Å². The molecule has 1 N–H and O–H groups in total. The lowest BCUT2D eigenvalue weighted by Crippen LogP contribution is -2.17. The minimum absolute atomic E-state index is 0.136. The van der Waals surface area contributed by atoms with E-state index in [0.717, 1.165) is 24.4 Å². The summed E-state index contributed by atoms with van der Waals surface area (Å²) < 4.78 is 5.88. The van der Waals surface area contributed by atoms with Crippen LogP contribution in [0.5, 0.6) is 0 Å². The quantitative estimate of drug-likeness (QED) is 0.842. The Hall–Kier alpha value is -1.54. The molecule has 0 aliphatic rings. The van der Waals surface area contributed by atoms with Crippen molar-refractivity contribution in [2.24, 2.45) is 0 Å². The van der Waals surface area contributed by atoms with Gasteiger partial charge in [-0.3, -0.25) is 0 Å². The summed E-state index contributed by atoms with van der Waals surface area (Å²) in [4.78, 5) is 0. The highest BCUT2D eigenvalue weighted by atomic mass is 16.3. The summed E-state index contributed by atoms with van der Waals surface area (Å²) in [6, 6.07) is 13.0. The third kappa shape index (κ3) is 3.27. The Balaban J connectivity index is 2.28. The van der Waals surface area contributed by atoms with Gasteiger partial charge in [-0.05, 0) is 36.7 Å². The third-order valence-corrected chi connectivity index (χ3v) is 3.43. The van der Waals surface area contributed by atoms with Crippen molar-refractivity contribution in [3.8, 4) is 0 Å². The maximum absolute atomic E-state index is 5.88. The summed E-state index contributed by atoms with van der Waals surface area (Å²) >= 11 is 0. The standard InChI is InChI=1S/C17H23NO/c1-4-7-13-8-6-9-14(12-13)17(18-3)16-11-10-15(5-2)19-16/h6,8-12,17-18H,4-5,7H2,1-3H3. The van der Waals surface area contributed by atoms with E-state index in [2.05, 4.69) is 55.6 Å². The van der Waals surface area contributed by atoms with Gasteiger partial charge < -0.3 is 9.73 Å².